The molecule has 0 saturated carbocycles. The smallest absolute Gasteiger partial charge is 0.127 e. The lowest BCUT2D eigenvalue weighted by Crippen LogP contribution is -2.15. The summed E-state index contributed by atoms with van der Waals surface area (Å²) in [6.07, 6.45) is 0. The molecule has 0 aliphatic carbocycles. The lowest BCUT2D eigenvalue weighted by molar-refractivity contribution is 0.398. The van der Waals surface area contributed by atoms with Gasteiger partial charge >= 0.3 is 0 Å². The molecule has 2 N–H and O–H groups in total. The van der Waals surface area contributed by atoms with Crippen LogP contribution < -0.4 is 15.2 Å². The van der Waals surface area contributed by atoms with Crippen molar-refractivity contribution in [2.75, 3.05) is 14.2 Å². The largest absolute Gasteiger partial charge is 0.496 e. The SMILES string of the molecule is COc1cc(Br)ccc1C(N)c1ccc(C)c(C)c1OC. The maximum Gasteiger partial charge on any atom is 0.127 e. The van der Waals surface area contributed by atoms with Crippen molar-refractivity contribution < 1.29 is 9.47 Å². The second-order valence-corrected chi connectivity index (χ2v) is 5.91. The van der Waals surface area contributed by atoms with E-state index in [-0.39, 0.29) is 6.04 Å². The average Bonchev–Trinajstić information content (AvgIpc) is 2.49. The van der Waals surface area contributed by atoms with E-state index in [2.05, 4.69) is 28.9 Å². The molecule has 2 aromatic carbocycles. The fourth-order valence-corrected chi connectivity index (χ4v) is 2.78. The van der Waals surface area contributed by atoms with Gasteiger partial charge in [-0.1, -0.05) is 34.1 Å². The summed E-state index contributed by atoms with van der Waals surface area (Å²) in [6.45, 7) is 4.11. The highest BCUT2D eigenvalue weighted by molar-refractivity contribution is 9.10. The minimum Gasteiger partial charge on any atom is -0.496 e. The number of ether oxygens (including phenoxy) is 2. The number of methoxy groups -OCH3 is 2. The Hall–Kier alpha value is -1.52. The summed E-state index contributed by atoms with van der Waals surface area (Å²) in [5.41, 5.74) is 10.7. The maximum absolute atomic E-state index is 6.46. The highest BCUT2D eigenvalue weighted by atomic mass is 79.9. The average molecular weight is 350 g/mol. The molecule has 112 valence electrons. The molecule has 0 fully saturated rings. The predicted octanol–water partition coefficient (Wildman–Crippen LogP) is 4.13. The van der Waals surface area contributed by atoms with Crippen LogP contribution in [0.4, 0.5) is 0 Å². The van der Waals surface area contributed by atoms with Gasteiger partial charge in [0.25, 0.3) is 0 Å². The van der Waals surface area contributed by atoms with Crippen molar-refractivity contribution in [3.63, 3.8) is 0 Å². The third-order valence-corrected chi connectivity index (χ3v) is 4.27. The van der Waals surface area contributed by atoms with Crippen molar-refractivity contribution in [3.8, 4) is 11.5 Å². The predicted molar refractivity (Wildman–Crippen MR) is 89.2 cm³/mol. The summed E-state index contributed by atoms with van der Waals surface area (Å²) in [5, 5.41) is 0. The first-order valence-electron chi connectivity index (χ1n) is 6.72. The molecule has 1 atom stereocenters. The van der Waals surface area contributed by atoms with Gasteiger partial charge in [0.1, 0.15) is 11.5 Å². The minimum absolute atomic E-state index is 0.303. The molecule has 1 unspecified atom stereocenters. The third kappa shape index (κ3) is 3.06. The van der Waals surface area contributed by atoms with Crippen LogP contribution >= 0.6 is 15.9 Å². The van der Waals surface area contributed by atoms with Crippen LogP contribution in [0.25, 0.3) is 0 Å². The Balaban J connectivity index is 2.55. The zero-order valence-electron chi connectivity index (χ0n) is 12.7. The maximum atomic E-state index is 6.46. The Bertz CT molecular complexity index is 655. The van der Waals surface area contributed by atoms with Gasteiger partial charge in [0.05, 0.1) is 20.3 Å². The van der Waals surface area contributed by atoms with Gasteiger partial charge in [-0.2, -0.15) is 0 Å². The summed E-state index contributed by atoms with van der Waals surface area (Å²) in [5.74, 6) is 1.60. The molecule has 0 saturated heterocycles. The molecule has 2 rings (SSSR count). The number of aryl methyl sites for hydroxylation is 1. The van der Waals surface area contributed by atoms with Gasteiger partial charge in [-0.3, -0.25) is 0 Å². The highest BCUT2D eigenvalue weighted by Gasteiger charge is 2.19. The van der Waals surface area contributed by atoms with E-state index in [1.165, 1.54) is 5.56 Å². The molecular weight excluding hydrogens is 330 g/mol. The van der Waals surface area contributed by atoms with Gasteiger partial charge in [-0.15, -0.1) is 0 Å². The molecule has 2 aromatic rings. The van der Waals surface area contributed by atoms with E-state index >= 15 is 0 Å². The van der Waals surface area contributed by atoms with Crippen LogP contribution in [0.15, 0.2) is 34.8 Å². The Morgan fingerprint density at radius 2 is 1.67 bits per heavy atom. The van der Waals surface area contributed by atoms with E-state index in [0.29, 0.717) is 0 Å². The first-order chi connectivity index (χ1) is 9.99. The van der Waals surface area contributed by atoms with Gasteiger partial charge in [-0.25, -0.2) is 0 Å². The fraction of sp³-hybridized carbons (Fsp3) is 0.294. The van der Waals surface area contributed by atoms with Crippen LogP contribution in [0.5, 0.6) is 11.5 Å². The molecular formula is C17H20BrNO2. The van der Waals surface area contributed by atoms with Gasteiger partial charge < -0.3 is 15.2 Å². The van der Waals surface area contributed by atoms with Gasteiger partial charge in [0, 0.05) is 15.6 Å². The van der Waals surface area contributed by atoms with Crippen LogP contribution in [0, 0.1) is 13.8 Å². The Morgan fingerprint density at radius 1 is 1.00 bits per heavy atom. The second-order valence-electron chi connectivity index (χ2n) is 4.99. The van der Waals surface area contributed by atoms with Crippen molar-refractivity contribution in [3.05, 3.63) is 57.1 Å². The van der Waals surface area contributed by atoms with E-state index in [0.717, 1.165) is 32.7 Å². The summed E-state index contributed by atoms with van der Waals surface area (Å²) >= 11 is 3.45. The molecule has 0 aromatic heterocycles. The molecule has 4 heteroatoms. The molecule has 0 aliphatic rings. The van der Waals surface area contributed by atoms with Gasteiger partial charge in [0.2, 0.25) is 0 Å². The van der Waals surface area contributed by atoms with Crippen molar-refractivity contribution in [2.24, 2.45) is 5.73 Å². The molecule has 0 aliphatic heterocycles. The van der Waals surface area contributed by atoms with Crippen LogP contribution in [0.1, 0.15) is 28.3 Å². The Labute approximate surface area is 134 Å². The van der Waals surface area contributed by atoms with E-state index in [1.54, 1.807) is 14.2 Å². The molecule has 0 amide bonds. The van der Waals surface area contributed by atoms with Crippen molar-refractivity contribution in [2.45, 2.75) is 19.9 Å². The van der Waals surface area contributed by atoms with E-state index in [4.69, 9.17) is 15.2 Å². The van der Waals surface area contributed by atoms with Gasteiger partial charge in [0.15, 0.2) is 0 Å². The third-order valence-electron chi connectivity index (χ3n) is 3.78. The first kappa shape index (κ1) is 15.9. The van der Waals surface area contributed by atoms with Gasteiger partial charge in [-0.05, 0) is 37.1 Å². The number of hydrogen-bond acceptors (Lipinski definition) is 3. The number of halogens is 1. The topological polar surface area (TPSA) is 44.5 Å². The zero-order chi connectivity index (χ0) is 15.6. The summed E-state index contributed by atoms with van der Waals surface area (Å²) in [7, 11) is 3.33. The summed E-state index contributed by atoms with van der Waals surface area (Å²) in [4.78, 5) is 0. The van der Waals surface area contributed by atoms with Crippen molar-refractivity contribution >= 4 is 15.9 Å². The second kappa shape index (κ2) is 6.50. The zero-order valence-corrected chi connectivity index (χ0v) is 14.3. The molecule has 0 bridgehead atoms. The number of nitrogens with two attached hydrogens (primary N) is 1. The number of rotatable bonds is 4. The standard InChI is InChI=1S/C17H20BrNO2/c1-10-5-7-14(17(21-4)11(10)2)16(19)13-8-6-12(18)9-15(13)20-3/h5-9,16H,19H2,1-4H3. The number of hydrogen-bond donors (Lipinski definition) is 1. The van der Waals surface area contributed by atoms with E-state index in [1.807, 2.05) is 31.2 Å². The Morgan fingerprint density at radius 3 is 2.29 bits per heavy atom. The Kier molecular flexibility index (Phi) is 4.91. The quantitative estimate of drug-likeness (QED) is 0.902. The highest BCUT2D eigenvalue weighted by Crippen LogP contribution is 2.36. The normalized spacial score (nSPS) is 12.1. The van der Waals surface area contributed by atoms with E-state index < -0.39 is 0 Å². The molecule has 0 radical (unpaired) electrons. The lowest BCUT2D eigenvalue weighted by atomic mass is 9.94. The molecule has 0 spiro atoms. The monoisotopic (exact) mass is 349 g/mol. The summed E-state index contributed by atoms with van der Waals surface area (Å²) in [6, 6.07) is 9.64. The molecule has 0 heterocycles. The fourth-order valence-electron chi connectivity index (χ4n) is 2.44. The van der Waals surface area contributed by atoms with Crippen LogP contribution in [-0.2, 0) is 0 Å². The van der Waals surface area contributed by atoms with Crippen LogP contribution in [0.3, 0.4) is 0 Å². The van der Waals surface area contributed by atoms with Crippen molar-refractivity contribution in [1.82, 2.24) is 0 Å². The summed E-state index contributed by atoms with van der Waals surface area (Å²) < 4.78 is 12.0. The van der Waals surface area contributed by atoms with E-state index in [9.17, 15) is 0 Å². The minimum atomic E-state index is -0.303. The molecule has 3 nitrogen and oxygen atoms in total. The van der Waals surface area contributed by atoms with Crippen LogP contribution in [0.2, 0.25) is 0 Å². The lowest BCUT2D eigenvalue weighted by Gasteiger charge is -2.21. The first-order valence-corrected chi connectivity index (χ1v) is 7.52. The van der Waals surface area contributed by atoms with Crippen molar-refractivity contribution in [1.29, 1.82) is 0 Å². The number of benzene rings is 2. The molecule has 21 heavy (non-hydrogen) atoms. The van der Waals surface area contributed by atoms with Crippen LogP contribution in [-0.4, -0.2) is 14.2 Å².